The molecule has 19 heavy (non-hydrogen) atoms. The van der Waals surface area contributed by atoms with Crippen molar-refractivity contribution in [1.82, 2.24) is 10.2 Å². The van der Waals surface area contributed by atoms with E-state index in [1.165, 1.54) is 19.3 Å². The number of hydrogen-bond acceptors (Lipinski definition) is 5. The van der Waals surface area contributed by atoms with E-state index >= 15 is 0 Å². The van der Waals surface area contributed by atoms with E-state index in [1.807, 2.05) is 0 Å². The van der Waals surface area contributed by atoms with E-state index in [-0.39, 0.29) is 0 Å². The molecule has 1 heterocycles. The van der Waals surface area contributed by atoms with Gasteiger partial charge < -0.3 is 10.6 Å². The molecule has 1 aromatic heterocycles. The van der Waals surface area contributed by atoms with Gasteiger partial charge in [0.2, 0.25) is 0 Å². The lowest BCUT2D eigenvalue weighted by molar-refractivity contribution is 0.299. The van der Waals surface area contributed by atoms with E-state index < -0.39 is 0 Å². The minimum absolute atomic E-state index is 0.382. The highest BCUT2D eigenvalue weighted by atomic mass is 15.3. The molecule has 1 fully saturated rings. The molecule has 2 atom stereocenters. The van der Waals surface area contributed by atoms with E-state index in [4.69, 9.17) is 5.73 Å². The zero-order valence-electron chi connectivity index (χ0n) is 11.4. The lowest BCUT2D eigenvalue weighted by atomic mass is 9.83. The lowest BCUT2D eigenvalue weighted by Gasteiger charge is -2.39. The Kier molecular flexibility index (Phi) is 4.69. The number of nitrogens with two attached hydrogens (primary N) is 1. The molecule has 0 bridgehead atoms. The number of rotatable bonds is 4. The van der Waals surface area contributed by atoms with E-state index in [0.29, 0.717) is 29.9 Å². The molecule has 1 saturated carbocycles. The van der Waals surface area contributed by atoms with Crippen LogP contribution >= 0.6 is 0 Å². The first kappa shape index (κ1) is 13.8. The van der Waals surface area contributed by atoms with Gasteiger partial charge in [-0.3, -0.25) is 0 Å². The molecule has 0 radical (unpaired) electrons. The van der Waals surface area contributed by atoms with Crippen molar-refractivity contribution in [1.29, 1.82) is 5.26 Å². The summed E-state index contributed by atoms with van der Waals surface area (Å²) in [4.78, 5) is 2.21. The van der Waals surface area contributed by atoms with Gasteiger partial charge in [-0.25, -0.2) is 0 Å². The van der Waals surface area contributed by atoms with Gasteiger partial charge in [-0.15, -0.1) is 5.10 Å². The number of nitriles is 1. The average molecular weight is 259 g/mol. The van der Waals surface area contributed by atoms with Gasteiger partial charge in [0.05, 0.1) is 11.8 Å². The Balaban J connectivity index is 2.30. The molecule has 1 aromatic rings. The van der Waals surface area contributed by atoms with Crippen molar-refractivity contribution < 1.29 is 0 Å². The SMILES string of the molecule is CCN(c1nnccc1C#N)C1CCCCC1CN. The van der Waals surface area contributed by atoms with Crippen LogP contribution in [0.15, 0.2) is 12.3 Å². The molecule has 1 aliphatic carbocycles. The number of aromatic nitrogens is 2. The minimum atomic E-state index is 0.382. The zero-order chi connectivity index (χ0) is 13.7. The Labute approximate surface area is 114 Å². The second-order valence-corrected chi connectivity index (χ2v) is 5.01. The second-order valence-electron chi connectivity index (χ2n) is 5.01. The fraction of sp³-hybridized carbons (Fsp3) is 0.643. The molecule has 5 heteroatoms. The Morgan fingerprint density at radius 1 is 1.47 bits per heavy atom. The molecule has 2 rings (SSSR count). The summed E-state index contributed by atoms with van der Waals surface area (Å²) in [6.07, 6.45) is 6.33. The van der Waals surface area contributed by atoms with Crippen molar-refractivity contribution in [2.75, 3.05) is 18.0 Å². The fourth-order valence-corrected chi connectivity index (χ4v) is 3.04. The lowest BCUT2D eigenvalue weighted by Crippen LogP contribution is -2.46. The third kappa shape index (κ3) is 2.85. The summed E-state index contributed by atoms with van der Waals surface area (Å²) in [5.74, 6) is 1.19. The largest absolute Gasteiger partial charge is 0.351 e. The van der Waals surface area contributed by atoms with Crippen molar-refractivity contribution in [2.45, 2.75) is 38.6 Å². The van der Waals surface area contributed by atoms with Crippen molar-refractivity contribution >= 4 is 5.82 Å². The third-order valence-corrected chi connectivity index (χ3v) is 4.01. The van der Waals surface area contributed by atoms with Gasteiger partial charge in [0.15, 0.2) is 5.82 Å². The zero-order valence-corrected chi connectivity index (χ0v) is 11.4. The van der Waals surface area contributed by atoms with Crippen molar-refractivity contribution in [2.24, 2.45) is 11.7 Å². The predicted molar refractivity (Wildman–Crippen MR) is 74.6 cm³/mol. The van der Waals surface area contributed by atoms with E-state index in [2.05, 4.69) is 28.1 Å². The van der Waals surface area contributed by atoms with Crippen LogP contribution in [0.25, 0.3) is 0 Å². The maximum Gasteiger partial charge on any atom is 0.169 e. The second kappa shape index (κ2) is 6.48. The standard InChI is InChI=1S/C14H21N5/c1-2-19(13-6-4-3-5-11(13)9-15)14-12(10-16)7-8-17-18-14/h7-8,11,13H,2-6,9,15H2,1H3. The van der Waals surface area contributed by atoms with Crippen LogP contribution in [-0.2, 0) is 0 Å². The van der Waals surface area contributed by atoms with Crippen LogP contribution in [0, 0.1) is 17.2 Å². The van der Waals surface area contributed by atoms with Crippen LogP contribution in [0.4, 0.5) is 5.82 Å². The first-order chi connectivity index (χ1) is 9.31. The van der Waals surface area contributed by atoms with E-state index in [0.717, 1.165) is 13.0 Å². The summed E-state index contributed by atoms with van der Waals surface area (Å²) >= 11 is 0. The van der Waals surface area contributed by atoms with Crippen LogP contribution in [0.3, 0.4) is 0 Å². The summed E-state index contributed by atoms with van der Waals surface area (Å²) in [6.45, 7) is 3.62. The molecule has 0 amide bonds. The van der Waals surface area contributed by atoms with Gasteiger partial charge in [0.25, 0.3) is 0 Å². The third-order valence-electron chi connectivity index (χ3n) is 4.01. The summed E-state index contributed by atoms with van der Waals surface area (Å²) < 4.78 is 0. The highest BCUT2D eigenvalue weighted by molar-refractivity contribution is 5.53. The number of nitrogens with zero attached hydrogens (tertiary/aromatic N) is 4. The van der Waals surface area contributed by atoms with Crippen LogP contribution in [0.2, 0.25) is 0 Å². The predicted octanol–water partition coefficient (Wildman–Crippen LogP) is 1.69. The smallest absolute Gasteiger partial charge is 0.169 e. The van der Waals surface area contributed by atoms with Gasteiger partial charge in [-0.1, -0.05) is 12.8 Å². The summed E-state index contributed by atoms with van der Waals surface area (Å²) in [6, 6.07) is 4.32. The molecule has 2 unspecified atom stereocenters. The van der Waals surface area contributed by atoms with Crippen LogP contribution in [0.1, 0.15) is 38.2 Å². The van der Waals surface area contributed by atoms with Gasteiger partial charge in [0, 0.05) is 12.6 Å². The maximum absolute atomic E-state index is 9.22. The summed E-state index contributed by atoms with van der Waals surface area (Å²) in [7, 11) is 0. The molecule has 0 spiro atoms. The first-order valence-electron chi connectivity index (χ1n) is 7.00. The highest BCUT2D eigenvalue weighted by Crippen LogP contribution is 2.31. The first-order valence-corrected chi connectivity index (χ1v) is 7.00. The van der Waals surface area contributed by atoms with Gasteiger partial charge in [-0.05, 0) is 38.3 Å². The van der Waals surface area contributed by atoms with Crippen molar-refractivity contribution in [3.05, 3.63) is 17.8 Å². The molecule has 0 aliphatic heterocycles. The fourth-order valence-electron chi connectivity index (χ4n) is 3.04. The molecule has 5 nitrogen and oxygen atoms in total. The highest BCUT2D eigenvalue weighted by Gasteiger charge is 2.30. The summed E-state index contributed by atoms with van der Waals surface area (Å²) in [5, 5.41) is 17.3. The average Bonchev–Trinajstić information content (AvgIpc) is 2.49. The molecule has 2 N–H and O–H groups in total. The molecule has 1 aliphatic rings. The minimum Gasteiger partial charge on any atom is -0.351 e. The van der Waals surface area contributed by atoms with Gasteiger partial charge in [-0.2, -0.15) is 10.4 Å². The van der Waals surface area contributed by atoms with Crippen molar-refractivity contribution in [3.8, 4) is 6.07 Å². The topological polar surface area (TPSA) is 78.8 Å². The van der Waals surface area contributed by atoms with Gasteiger partial charge in [0.1, 0.15) is 6.07 Å². The van der Waals surface area contributed by atoms with Crippen LogP contribution in [-0.4, -0.2) is 29.3 Å². The van der Waals surface area contributed by atoms with Crippen LogP contribution in [0.5, 0.6) is 0 Å². The maximum atomic E-state index is 9.22. The summed E-state index contributed by atoms with van der Waals surface area (Å²) in [5.41, 5.74) is 6.50. The quantitative estimate of drug-likeness (QED) is 0.890. The van der Waals surface area contributed by atoms with Crippen molar-refractivity contribution in [3.63, 3.8) is 0 Å². The Hall–Kier alpha value is -1.67. The van der Waals surface area contributed by atoms with E-state index in [1.54, 1.807) is 12.3 Å². The molecule has 0 aromatic carbocycles. The molecule has 0 saturated heterocycles. The number of hydrogen-bond donors (Lipinski definition) is 1. The van der Waals surface area contributed by atoms with Crippen LogP contribution < -0.4 is 10.6 Å². The molecular weight excluding hydrogens is 238 g/mol. The number of anilines is 1. The Morgan fingerprint density at radius 3 is 2.95 bits per heavy atom. The normalized spacial score (nSPS) is 22.8. The molecular formula is C14H21N5. The molecule has 102 valence electrons. The monoisotopic (exact) mass is 259 g/mol. The Morgan fingerprint density at radius 2 is 2.26 bits per heavy atom. The van der Waals surface area contributed by atoms with E-state index in [9.17, 15) is 5.26 Å². The Bertz CT molecular complexity index is 453. The van der Waals surface area contributed by atoms with Gasteiger partial charge >= 0.3 is 0 Å².